The molecule has 1 unspecified atom stereocenters. The molecule has 6 amide bonds. The number of rotatable bonds is 24. The van der Waals surface area contributed by atoms with Gasteiger partial charge in [0, 0.05) is 128 Å². The molecular weight excluding hydrogens is 1050 g/mol. The summed E-state index contributed by atoms with van der Waals surface area (Å²) in [6.45, 7) is 6.02. The van der Waals surface area contributed by atoms with Crippen LogP contribution in [-0.2, 0) is 49.6 Å². The van der Waals surface area contributed by atoms with Crippen LogP contribution in [0.15, 0.2) is 24.3 Å². The van der Waals surface area contributed by atoms with Crippen molar-refractivity contribution in [3.63, 3.8) is 0 Å². The first-order valence-corrected chi connectivity index (χ1v) is 23.7. The molecule has 0 aromatic heterocycles. The molecule has 1 aromatic carbocycles. The van der Waals surface area contributed by atoms with Crippen LogP contribution in [0.5, 0.6) is 0 Å². The molecule has 3 aliphatic rings. The van der Waals surface area contributed by atoms with Gasteiger partial charge in [-0.3, -0.25) is 57.4 Å². The Labute approximate surface area is 432 Å². The van der Waals surface area contributed by atoms with Crippen molar-refractivity contribution in [3.8, 4) is 0 Å². The summed E-state index contributed by atoms with van der Waals surface area (Å²) >= 11 is 1.29. The van der Waals surface area contributed by atoms with Crippen LogP contribution in [0.3, 0.4) is 0 Å². The van der Waals surface area contributed by atoms with Crippen molar-refractivity contribution in [2.24, 2.45) is 17.8 Å². The molecule has 0 bridgehead atoms. The fourth-order valence-corrected chi connectivity index (χ4v) is 8.54. The average Bonchev–Trinajstić information content (AvgIpc) is 3.75. The number of ether oxygens (including phenoxy) is 1. The summed E-state index contributed by atoms with van der Waals surface area (Å²) in [6, 6.07) is 4.95. The normalized spacial score (nSPS) is 19.3. The predicted octanol–water partition coefficient (Wildman–Crippen LogP) is 0.455. The SMILES string of the molecule is CC[C@H](C)[C@H](CC(=O)[C@H](CCSCCF)NC(=O)Nc1ccc(CNC(=O)CN2CCN(CC(=O)O)CCN(CC(=O)O)CCN3CC(=O)O[C-]3C2)cc1)C(=O)NCCN1C(=O)CC(C)C1=O.[Gd]. The van der Waals surface area contributed by atoms with Gasteiger partial charge in [-0.05, 0) is 42.3 Å². The van der Waals surface area contributed by atoms with Crippen molar-refractivity contribution in [2.75, 3.05) is 109 Å². The van der Waals surface area contributed by atoms with Crippen molar-refractivity contribution < 1.29 is 102 Å². The molecule has 0 saturated carbocycles. The molecule has 24 heteroatoms. The first-order valence-electron chi connectivity index (χ1n) is 22.6. The number of nitrogens with one attached hydrogen (secondary N) is 4. The zero-order chi connectivity index (χ0) is 49.0. The summed E-state index contributed by atoms with van der Waals surface area (Å²) in [5.74, 6) is -5.07. The van der Waals surface area contributed by atoms with Gasteiger partial charge in [0.1, 0.15) is 0 Å². The van der Waals surface area contributed by atoms with Crippen molar-refractivity contribution in [3.05, 3.63) is 36.1 Å². The number of thioether (sulfide) groups is 1. The number of likely N-dealkylation sites (tertiary alicyclic amines) is 1. The number of Topliss-reactive ketones (excluding diaryl/α,β-unsaturated/α-hetero) is 1. The van der Waals surface area contributed by atoms with E-state index < -0.39 is 54.4 Å². The van der Waals surface area contributed by atoms with E-state index in [1.165, 1.54) is 11.8 Å². The van der Waals surface area contributed by atoms with Gasteiger partial charge in [-0.2, -0.15) is 11.8 Å². The van der Waals surface area contributed by atoms with E-state index in [-0.39, 0.29) is 186 Å². The maximum Gasteiger partial charge on any atom is 0.319 e. The first kappa shape index (κ1) is 58.4. The standard InChI is InChI=1S/C44H65FN9O12S.Gd/c1-4-29(2)33(42(63)46-11-12-54-37(57)21-30(3)43(54)64)22-35(55)34(9-19-67-20-10-45)49-44(65)48-32-7-5-31(6-8-32)23-47-36(56)24-52-16-15-50(26-39(58)59)13-14-51(27-40(60)61)17-18-53-28-41(62)66-38(53)25-52;/h5-8,29-30,33-34H,4,9-28H2,1-3H3,(H,46,63)(H,47,56)(H,58,59)(H,60,61)(H2,48,49,65);/q-1;/t29-,30?,33-,34-;/m0./s1. The first-order chi connectivity index (χ1) is 32.0. The van der Waals surface area contributed by atoms with Crippen LogP contribution in [0.4, 0.5) is 14.9 Å². The number of carbonyl (C=O) groups excluding carboxylic acids is 7. The number of carboxylic acids is 2. The van der Waals surface area contributed by atoms with E-state index in [0.29, 0.717) is 29.7 Å². The van der Waals surface area contributed by atoms with Crippen LogP contribution in [-0.4, -0.2) is 197 Å². The van der Waals surface area contributed by atoms with Gasteiger partial charge in [-0.25, -0.2) is 4.79 Å². The number of ketones is 1. The van der Waals surface area contributed by atoms with Gasteiger partial charge < -0.3 is 46.0 Å². The number of hydrogen-bond acceptors (Lipinski definition) is 15. The Kier molecular flexibility index (Phi) is 25.7. The number of esters is 1. The fourth-order valence-electron chi connectivity index (χ4n) is 7.83. The second-order valence-corrected chi connectivity index (χ2v) is 18.2. The minimum Gasteiger partial charge on any atom is -0.617 e. The average molecular weight is 1120 g/mol. The molecule has 6 N–H and O–H groups in total. The number of halogens is 1. The van der Waals surface area contributed by atoms with E-state index in [0.717, 1.165) is 4.90 Å². The van der Waals surface area contributed by atoms with E-state index in [2.05, 4.69) is 21.3 Å². The van der Waals surface area contributed by atoms with Gasteiger partial charge in [0.15, 0.2) is 5.78 Å². The van der Waals surface area contributed by atoms with Crippen LogP contribution in [0, 0.1) is 63.9 Å². The molecule has 3 fully saturated rings. The molecule has 1 aromatic rings. The number of amides is 6. The van der Waals surface area contributed by atoms with Crippen LogP contribution in [0.2, 0.25) is 0 Å². The Morgan fingerprint density at radius 3 is 2.12 bits per heavy atom. The Bertz CT molecular complexity index is 1910. The summed E-state index contributed by atoms with van der Waals surface area (Å²) in [5.41, 5.74) is 1.08. The quantitative estimate of drug-likeness (QED) is 0.0355. The van der Waals surface area contributed by atoms with E-state index in [4.69, 9.17) is 4.74 Å². The molecule has 3 heterocycles. The smallest absolute Gasteiger partial charge is 0.319 e. The number of benzene rings is 1. The number of carbonyl (C=O) groups is 9. The summed E-state index contributed by atoms with van der Waals surface area (Å²) in [4.78, 5) is 122. The number of nitrogens with zero attached hydrogens (tertiary/aromatic N) is 5. The van der Waals surface area contributed by atoms with Gasteiger partial charge in [0.2, 0.25) is 23.6 Å². The zero-order valence-corrected chi connectivity index (χ0v) is 41.9. The number of carboxylic acid groups (broad SMARTS) is 2. The number of imide groups is 1. The molecule has 0 spiro atoms. The van der Waals surface area contributed by atoms with Gasteiger partial charge in [-0.15, -0.1) is 0 Å². The summed E-state index contributed by atoms with van der Waals surface area (Å²) < 4.78 is 18.3. The Morgan fingerprint density at radius 2 is 1.53 bits per heavy atom. The van der Waals surface area contributed by atoms with Gasteiger partial charge in [0.05, 0.1) is 38.9 Å². The second kappa shape index (κ2) is 30.0. The molecule has 68 heavy (non-hydrogen) atoms. The maximum absolute atomic E-state index is 13.8. The van der Waals surface area contributed by atoms with Crippen molar-refractivity contribution in [1.82, 2.24) is 40.4 Å². The molecule has 0 radical (unpaired) electrons. The number of alkyl halides is 1. The Hall–Kier alpha value is -3.91. The maximum atomic E-state index is 13.8. The monoisotopic (exact) mass is 1120 g/mol. The molecule has 21 nitrogen and oxygen atoms in total. The van der Waals surface area contributed by atoms with Gasteiger partial charge in [0.25, 0.3) is 5.97 Å². The van der Waals surface area contributed by atoms with E-state index in [9.17, 15) is 57.8 Å². The molecule has 0 aliphatic carbocycles. The Balaban J connectivity index is 0.0000122. The van der Waals surface area contributed by atoms with Crippen molar-refractivity contribution in [1.29, 1.82) is 0 Å². The van der Waals surface area contributed by atoms with E-state index >= 15 is 0 Å². The number of fused-ring (bicyclic) bond motifs is 1. The summed E-state index contributed by atoms with van der Waals surface area (Å²) in [7, 11) is 0. The van der Waals surface area contributed by atoms with Crippen molar-refractivity contribution in [2.45, 2.75) is 59.0 Å². The molecule has 3 saturated heterocycles. The molecule has 380 valence electrons. The number of urea groups is 1. The van der Waals surface area contributed by atoms with Gasteiger partial charge >= 0.3 is 18.0 Å². The zero-order valence-electron chi connectivity index (χ0n) is 38.8. The third-order valence-electron chi connectivity index (χ3n) is 11.9. The fraction of sp³-hybridized carbons (Fsp3) is 0.636. The summed E-state index contributed by atoms with van der Waals surface area (Å²) in [5, 5.41) is 30.0. The van der Waals surface area contributed by atoms with E-state index in [1.807, 2.05) is 13.8 Å². The largest absolute Gasteiger partial charge is 0.617 e. The number of hydrogen-bond donors (Lipinski definition) is 6. The van der Waals surface area contributed by atoms with Crippen LogP contribution >= 0.6 is 11.8 Å². The van der Waals surface area contributed by atoms with Crippen LogP contribution < -0.4 is 21.3 Å². The van der Waals surface area contributed by atoms with Crippen LogP contribution in [0.1, 0.15) is 52.0 Å². The Morgan fingerprint density at radius 1 is 0.897 bits per heavy atom. The minimum absolute atomic E-state index is 0. The molecule has 4 rings (SSSR count). The summed E-state index contributed by atoms with van der Waals surface area (Å²) in [6.07, 6.45) is 1.03. The van der Waals surface area contributed by atoms with Crippen molar-refractivity contribution >= 4 is 70.8 Å². The van der Waals surface area contributed by atoms with Crippen LogP contribution in [0.25, 0.3) is 0 Å². The van der Waals surface area contributed by atoms with E-state index in [1.54, 1.807) is 50.8 Å². The molecular formula is C44H65FGdN9O12S-. The van der Waals surface area contributed by atoms with Gasteiger partial charge in [-0.1, -0.05) is 52.1 Å². The number of aliphatic carboxylic acids is 2. The second-order valence-electron chi connectivity index (χ2n) is 17.0. The molecule has 3 aliphatic heterocycles. The predicted molar refractivity (Wildman–Crippen MR) is 244 cm³/mol. The third-order valence-corrected chi connectivity index (χ3v) is 12.8. The molecule has 4 atom stereocenters. The number of anilines is 1. The topological polar surface area (TPSA) is 268 Å². The third kappa shape index (κ3) is 19.8. The minimum atomic E-state index is -1.06.